The van der Waals surface area contributed by atoms with Gasteiger partial charge in [0.05, 0.1) is 36.7 Å². The number of carbonyl (C=O) groups is 1. The second kappa shape index (κ2) is 9.18. The predicted molar refractivity (Wildman–Crippen MR) is 115 cm³/mol. The molecule has 2 aliphatic rings. The number of nitrogens with zero attached hydrogens (tertiary/aromatic N) is 3. The molecular weight excluding hydrogens is 422 g/mol. The summed E-state index contributed by atoms with van der Waals surface area (Å²) in [5.41, 5.74) is 2.10. The average Bonchev–Trinajstić information content (AvgIpc) is 3.36. The number of aromatic nitrogens is 1. The van der Waals surface area contributed by atoms with E-state index in [4.69, 9.17) is 30.4 Å². The van der Waals surface area contributed by atoms with Gasteiger partial charge in [0, 0.05) is 30.7 Å². The van der Waals surface area contributed by atoms with Gasteiger partial charge in [-0.25, -0.2) is 0 Å². The van der Waals surface area contributed by atoms with E-state index in [0.717, 1.165) is 37.1 Å². The Hall–Kier alpha value is -2.74. The third-order valence-corrected chi connectivity index (χ3v) is 6.04. The van der Waals surface area contributed by atoms with Gasteiger partial charge >= 0.3 is 0 Å². The Labute approximate surface area is 186 Å². The van der Waals surface area contributed by atoms with Gasteiger partial charge in [-0.05, 0) is 25.8 Å². The van der Waals surface area contributed by atoms with Crippen LogP contribution in [0.25, 0.3) is 0 Å². The largest absolute Gasteiger partial charge is 0.496 e. The van der Waals surface area contributed by atoms with Gasteiger partial charge in [0.15, 0.2) is 5.76 Å². The maximum absolute atomic E-state index is 13.4. The van der Waals surface area contributed by atoms with Crippen molar-refractivity contribution in [2.75, 3.05) is 20.8 Å². The summed E-state index contributed by atoms with van der Waals surface area (Å²) in [7, 11) is 3.10. The average molecular weight is 448 g/mol. The summed E-state index contributed by atoms with van der Waals surface area (Å²) in [6, 6.07) is 5.18. The molecule has 1 saturated heterocycles. The molecule has 0 spiro atoms. The Morgan fingerprint density at radius 1 is 1.16 bits per heavy atom. The number of hydrogen-bond donors (Lipinski definition) is 0. The third kappa shape index (κ3) is 4.35. The van der Waals surface area contributed by atoms with E-state index in [0.29, 0.717) is 40.8 Å². The Balaban J connectivity index is 1.54. The Morgan fingerprint density at radius 2 is 1.97 bits per heavy atom. The molecule has 166 valence electrons. The van der Waals surface area contributed by atoms with Crippen molar-refractivity contribution in [2.45, 2.75) is 51.2 Å². The van der Waals surface area contributed by atoms with Crippen molar-refractivity contribution in [1.82, 2.24) is 10.1 Å². The highest BCUT2D eigenvalue weighted by Crippen LogP contribution is 2.36. The van der Waals surface area contributed by atoms with E-state index >= 15 is 0 Å². The third-order valence-electron chi connectivity index (χ3n) is 5.74. The fourth-order valence-corrected chi connectivity index (χ4v) is 4.39. The normalized spacial score (nSPS) is 21.3. The number of halogens is 1. The molecule has 8 nitrogen and oxygen atoms in total. The molecule has 3 heterocycles. The first-order valence-electron chi connectivity index (χ1n) is 10.4. The molecule has 31 heavy (non-hydrogen) atoms. The van der Waals surface area contributed by atoms with Crippen LogP contribution in [0.1, 0.15) is 55.2 Å². The van der Waals surface area contributed by atoms with E-state index in [1.165, 1.54) is 0 Å². The zero-order chi connectivity index (χ0) is 22.0. The summed E-state index contributed by atoms with van der Waals surface area (Å²) < 4.78 is 16.2. The number of ether oxygens (including phenoxy) is 2. The minimum absolute atomic E-state index is 0.0988. The van der Waals surface area contributed by atoms with Crippen molar-refractivity contribution in [3.05, 3.63) is 40.2 Å². The zero-order valence-electron chi connectivity index (χ0n) is 17.9. The number of likely N-dealkylation sites (tertiary alicyclic amines) is 1. The van der Waals surface area contributed by atoms with Crippen molar-refractivity contribution in [1.29, 1.82) is 0 Å². The van der Waals surface area contributed by atoms with E-state index in [-0.39, 0.29) is 11.9 Å². The minimum Gasteiger partial charge on any atom is -0.496 e. The van der Waals surface area contributed by atoms with Crippen LogP contribution in [0.5, 0.6) is 11.5 Å². The number of oxime groups is 1. The summed E-state index contributed by atoms with van der Waals surface area (Å²) >= 11 is 6.30. The molecule has 1 aromatic heterocycles. The van der Waals surface area contributed by atoms with E-state index < -0.39 is 6.10 Å². The number of rotatable bonds is 5. The summed E-state index contributed by atoms with van der Waals surface area (Å²) in [4.78, 5) is 20.9. The second-order valence-electron chi connectivity index (χ2n) is 7.79. The molecule has 2 atom stereocenters. The molecule has 1 amide bonds. The zero-order valence-corrected chi connectivity index (χ0v) is 18.6. The molecule has 2 aromatic rings. The lowest BCUT2D eigenvalue weighted by molar-refractivity contribution is -0.145. The Bertz CT molecular complexity index is 990. The van der Waals surface area contributed by atoms with Crippen LogP contribution < -0.4 is 9.47 Å². The monoisotopic (exact) mass is 447 g/mol. The molecule has 0 N–H and O–H groups in total. The van der Waals surface area contributed by atoms with Crippen molar-refractivity contribution in [3.63, 3.8) is 0 Å². The van der Waals surface area contributed by atoms with Gasteiger partial charge < -0.3 is 23.7 Å². The lowest BCUT2D eigenvalue weighted by atomic mass is 10.0. The van der Waals surface area contributed by atoms with Crippen LogP contribution in [-0.4, -0.2) is 48.5 Å². The smallest absolute Gasteiger partial charge is 0.267 e. The fraction of sp³-hybridized carbons (Fsp3) is 0.500. The van der Waals surface area contributed by atoms with Crippen LogP contribution in [0.2, 0.25) is 5.02 Å². The molecule has 0 radical (unpaired) electrons. The highest BCUT2D eigenvalue weighted by atomic mass is 35.5. The number of hydrogen-bond acceptors (Lipinski definition) is 7. The first-order chi connectivity index (χ1) is 15.0. The molecule has 1 aromatic carbocycles. The van der Waals surface area contributed by atoms with Gasteiger partial charge in [0.1, 0.15) is 11.5 Å². The molecule has 0 aliphatic carbocycles. The number of carbonyl (C=O) groups excluding carboxylic acids is 1. The van der Waals surface area contributed by atoms with Gasteiger partial charge in [-0.15, -0.1) is 0 Å². The van der Waals surface area contributed by atoms with Crippen LogP contribution in [0.3, 0.4) is 0 Å². The summed E-state index contributed by atoms with van der Waals surface area (Å²) in [6.07, 6.45) is 3.51. The van der Waals surface area contributed by atoms with Gasteiger partial charge in [-0.2, -0.15) is 0 Å². The Kier molecular flexibility index (Phi) is 6.36. The number of amides is 1. The topological polar surface area (TPSA) is 86.4 Å². The van der Waals surface area contributed by atoms with Crippen molar-refractivity contribution >= 4 is 23.2 Å². The van der Waals surface area contributed by atoms with Crippen molar-refractivity contribution in [3.8, 4) is 11.5 Å². The summed E-state index contributed by atoms with van der Waals surface area (Å²) in [5.74, 6) is 1.68. The quantitative estimate of drug-likeness (QED) is 0.679. The summed E-state index contributed by atoms with van der Waals surface area (Å²) in [6.45, 7) is 2.53. The molecular formula is C22H26ClN3O5. The maximum atomic E-state index is 13.4. The van der Waals surface area contributed by atoms with Gasteiger partial charge in [0.25, 0.3) is 5.91 Å². The van der Waals surface area contributed by atoms with Crippen LogP contribution in [0.4, 0.5) is 0 Å². The second-order valence-corrected chi connectivity index (χ2v) is 8.20. The molecule has 0 saturated carbocycles. The minimum atomic E-state index is -0.704. The van der Waals surface area contributed by atoms with E-state index in [1.54, 1.807) is 26.4 Å². The number of benzene rings is 1. The molecule has 2 aliphatic heterocycles. The molecule has 0 unspecified atom stereocenters. The Morgan fingerprint density at radius 3 is 2.68 bits per heavy atom. The highest BCUT2D eigenvalue weighted by molar-refractivity contribution is 6.32. The van der Waals surface area contributed by atoms with E-state index in [9.17, 15) is 4.79 Å². The van der Waals surface area contributed by atoms with E-state index in [2.05, 4.69) is 10.3 Å². The van der Waals surface area contributed by atoms with Gasteiger partial charge in [-0.1, -0.05) is 34.8 Å². The molecule has 0 bridgehead atoms. The predicted octanol–water partition coefficient (Wildman–Crippen LogP) is 4.29. The SMILES string of the molecule is COc1cc(OC)c(C2=NO[C@@H](C(=O)N3CCCCC[C@@H]3c3cc(C)no3)C2)cc1Cl. The maximum Gasteiger partial charge on any atom is 0.267 e. The molecule has 4 rings (SSSR count). The van der Waals surface area contributed by atoms with Crippen LogP contribution in [0, 0.1) is 6.92 Å². The van der Waals surface area contributed by atoms with Gasteiger partial charge in [-0.3, -0.25) is 4.79 Å². The first-order valence-corrected chi connectivity index (χ1v) is 10.8. The van der Waals surface area contributed by atoms with E-state index in [1.807, 2.05) is 17.9 Å². The van der Waals surface area contributed by atoms with Gasteiger partial charge in [0.2, 0.25) is 6.10 Å². The first kappa shape index (κ1) is 21.5. The summed E-state index contributed by atoms with van der Waals surface area (Å²) in [5, 5.41) is 8.63. The lowest BCUT2D eigenvalue weighted by Gasteiger charge is -2.29. The van der Waals surface area contributed by atoms with Crippen molar-refractivity contribution in [2.24, 2.45) is 5.16 Å². The standard InChI is InChI=1S/C22H26ClN3O5/c1-13-9-20(30-24-13)17-7-5-4-6-8-26(17)22(27)21-11-16(25-31-21)14-10-15(23)19(29-3)12-18(14)28-2/h9-10,12,17,21H,4-8,11H2,1-3H3/t17-,21-/m1/s1. The van der Waals surface area contributed by atoms with Crippen LogP contribution in [-0.2, 0) is 9.63 Å². The fourth-order valence-electron chi connectivity index (χ4n) is 4.15. The number of aryl methyl sites for hydroxylation is 1. The lowest BCUT2D eigenvalue weighted by Crippen LogP contribution is -2.41. The molecule has 1 fully saturated rings. The van der Waals surface area contributed by atoms with Crippen molar-refractivity contribution < 1.29 is 23.6 Å². The highest BCUT2D eigenvalue weighted by Gasteiger charge is 2.38. The van der Waals surface area contributed by atoms with Crippen LogP contribution >= 0.6 is 11.6 Å². The number of methoxy groups -OCH3 is 2. The molecule has 9 heteroatoms. The van der Waals surface area contributed by atoms with Crippen LogP contribution in [0.15, 0.2) is 27.9 Å².